The van der Waals surface area contributed by atoms with Gasteiger partial charge in [0.1, 0.15) is 10.6 Å². The Kier molecular flexibility index (Phi) is 4.05. The van der Waals surface area contributed by atoms with Crippen molar-refractivity contribution in [3.05, 3.63) is 17.3 Å². The molecule has 0 aliphatic carbocycles. The second kappa shape index (κ2) is 5.97. The summed E-state index contributed by atoms with van der Waals surface area (Å²) in [6.45, 7) is 6.19. The first-order valence-electron chi connectivity index (χ1n) is 7.45. The molecule has 0 bridgehead atoms. The van der Waals surface area contributed by atoms with Crippen LogP contribution in [0.15, 0.2) is 11.4 Å². The summed E-state index contributed by atoms with van der Waals surface area (Å²) in [6.07, 6.45) is 2.05. The van der Waals surface area contributed by atoms with Crippen molar-refractivity contribution in [2.75, 3.05) is 18.4 Å². The fourth-order valence-electron chi connectivity index (χ4n) is 2.73. The Balaban J connectivity index is 1.88. The standard InChI is InChI=1S/C15H20N4OS/c1-3-16-13-11-6-8-21-14(11)18-12(17-13)9-19-7-4-5-10(2)15(19)20/h6,8,10H,3-5,7,9H2,1-2H3,(H,16,17,18). The first-order chi connectivity index (χ1) is 10.2. The maximum absolute atomic E-state index is 12.2. The number of hydrogen-bond acceptors (Lipinski definition) is 5. The molecule has 2 aromatic heterocycles. The maximum atomic E-state index is 12.2. The number of anilines is 1. The van der Waals surface area contributed by atoms with E-state index >= 15 is 0 Å². The van der Waals surface area contributed by atoms with Crippen molar-refractivity contribution in [3.8, 4) is 0 Å². The lowest BCUT2D eigenvalue weighted by Crippen LogP contribution is -2.39. The summed E-state index contributed by atoms with van der Waals surface area (Å²) in [6, 6.07) is 2.04. The van der Waals surface area contributed by atoms with Crippen LogP contribution < -0.4 is 5.32 Å². The highest BCUT2D eigenvalue weighted by atomic mass is 32.1. The maximum Gasteiger partial charge on any atom is 0.225 e. The average molecular weight is 304 g/mol. The number of aromatic nitrogens is 2. The first kappa shape index (κ1) is 14.3. The first-order valence-corrected chi connectivity index (χ1v) is 8.33. The molecule has 1 aliphatic heterocycles. The van der Waals surface area contributed by atoms with Gasteiger partial charge in [-0.1, -0.05) is 6.92 Å². The van der Waals surface area contributed by atoms with Crippen molar-refractivity contribution in [2.24, 2.45) is 5.92 Å². The molecule has 1 amide bonds. The summed E-state index contributed by atoms with van der Waals surface area (Å²) in [4.78, 5) is 24.3. The summed E-state index contributed by atoms with van der Waals surface area (Å²) in [5.74, 6) is 1.94. The van der Waals surface area contributed by atoms with Gasteiger partial charge < -0.3 is 10.2 Å². The van der Waals surface area contributed by atoms with E-state index in [0.717, 1.165) is 47.8 Å². The van der Waals surface area contributed by atoms with Gasteiger partial charge in [0.2, 0.25) is 5.91 Å². The number of nitrogens with one attached hydrogen (secondary N) is 1. The molecule has 3 heterocycles. The van der Waals surface area contributed by atoms with E-state index in [4.69, 9.17) is 0 Å². The third kappa shape index (κ3) is 2.85. The molecule has 1 aliphatic rings. The van der Waals surface area contributed by atoms with E-state index in [0.29, 0.717) is 6.54 Å². The second-order valence-corrected chi connectivity index (χ2v) is 6.36. The van der Waals surface area contributed by atoms with Crippen molar-refractivity contribution in [1.29, 1.82) is 0 Å². The minimum Gasteiger partial charge on any atom is -0.370 e. The second-order valence-electron chi connectivity index (χ2n) is 5.46. The molecule has 1 saturated heterocycles. The molecule has 1 atom stereocenters. The van der Waals surface area contributed by atoms with Gasteiger partial charge in [0.05, 0.1) is 11.9 Å². The van der Waals surface area contributed by atoms with Gasteiger partial charge in [-0.2, -0.15) is 0 Å². The Labute approximate surface area is 128 Å². The van der Waals surface area contributed by atoms with Gasteiger partial charge in [-0.15, -0.1) is 11.3 Å². The molecule has 1 unspecified atom stereocenters. The minimum atomic E-state index is 0.123. The van der Waals surface area contributed by atoms with Gasteiger partial charge in [-0.25, -0.2) is 9.97 Å². The minimum absolute atomic E-state index is 0.123. The number of piperidine rings is 1. The Morgan fingerprint density at radius 3 is 3.14 bits per heavy atom. The Morgan fingerprint density at radius 2 is 2.33 bits per heavy atom. The monoisotopic (exact) mass is 304 g/mol. The zero-order valence-electron chi connectivity index (χ0n) is 12.4. The molecule has 0 radical (unpaired) electrons. The SMILES string of the molecule is CCNc1nc(CN2CCCC(C)C2=O)nc2sccc12. The van der Waals surface area contributed by atoms with Crippen molar-refractivity contribution in [1.82, 2.24) is 14.9 Å². The van der Waals surface area contributed by atoms with E-state index in [1.165, 1.54) is 0 Å². The highest BCUT2D eigenvalue weighted by Gasteiger charge is 2.26. The predicted octanol–water partition coefficient (Wildman–Crippen LogP) is 2.88. The summed E-state index contributed by atoms with van der Waals surface area (Å²) in [5.41, 5.74) is 0. The van der Waals surface area contributed by atoms with E-state index in [9.17, 15) is 4.79 Å². The van der Waals surface area contributed by atoms with Crippen LogP contribution in [0, 0.1) is 5.92 Å². The Hall–Kier alpha value is -1.69. The fourth-order valence-corrected chi connectivity index (χ4v) is 3.52. The zero-order chi connectivity index (χ0) is 14.8. The molecule has 6 heteroatoms. The van der Waals surface area contributed by atoms with E-state index in [1.807, 2.05) is 23.3 Å². The summed E-state index contributed by atoms with van der Waals surface area (Å²) < 4.78 is 0. The molecular formula is C15H20N4OS. The summed E-state index contributed by atoms with van der Waals surface area (Å²) >= 11 is 1.61. The van der Waals surface area contributed by atoms with Gasteiger partial charge in [-0.05, 0) is 31.2 Å². The van der Waals surface area contributed by atoms with Crippen LogP contribution in [0.3, 0.4) is 0 Å². The highest BCUT2D eigenvalue weighted by Crippen LogP contribution is 2.26. The molecule has 0 saturated carbocycles. The molecule has 0 spiro atoms. The number of hydrogen-bond donors (Lipinski definition) is 1. The van der Waals surface area contributed by atoms with Crippen molar-refractivity contribution in [2.45, 2.75) is 33.2 Å². The van der Waals surface area contributed by atoms with Crippen LogP contribution >= 0.6 is 11.3 Å². The summed E-state index contributed by atoms with van der Waals surface area (Å²) in [5, 5.41) is 6.37. The van der Waals surface area contributed by atoms with Gasteiger partial charge in [0.25, 0.3) is 0 Å². The predicted molar refractivity (Wildman–Crippen MR) is 85.4 cm³/mol. The van der Waals surface area contributed by atoms with Crippen molar-refractivity contribution in [3.63, 3.8) is 0 Å². The molecule has 1 N–H and O–H groups in total. The van der Waals surface area contributed by atoms with Crippen LogP contribution in [-0.2, 0) is 11.3 Å². The van der Waals surface area contributed by atoms with Crippen LogP contribution in [0.4, 0.5) is 5.82 Å². The van der Waals surface area contributed by atoms with Gasteiger partial charge in [0.15, 0.2) is 5.82 Å². The van der Waals surface area contributed by atoms with Crippen molar-refractivity contribution >= 4 is 33.3 Å². The molecule has 5 nitrogen and oxygen atoms in total. The third-order valence-electron chi connectivity index (χ3n) is 3.85. The molecule has 0 aromatic carbocycles. The number of amides is 1. The lowest BCUT2D eigenvalue weighted by molar-refractivity contribution is -0.138. The van der Waals surface area contributed by atoms with Gasteiger partial charge in [0, 0.05) is 19.0 Å². The fraction of sp³-hybridized carbons (Fsp3) is 0.533. The van der Waals surface area contributed by atoms with Crippen LogP contribution in [0.5, 0.6) is 0 Å². The smallest absolute Gasteiger partial charge is 0.225 e. The normalized spacial score (nSPS) is 19.2. The topological polar surface area (TPSA) is 58.1 Å². The number of rotatable bonds is 4. The number of fused-ring (bicyclic) bond motifs is 1. The number of carbonyl (C=O) groups excluding carboxylic acids is 1. The Bertz CT molecular complexity index is 654. The Morgan fingerprint density at radius 1 is 1.48 bits per heavy atom. The number of likely N-dealkylation sites (tertiary alicyclic amines) is 1. The van der Waals surface area contributed by atoms with Crippen LogP contribution in [0.25, 0.3) is 10.2 Å². The average Bonchev–Trinajstić information content (AvgIpc) is 2.93. The highest BCUT2D eigenvalue weighted by molar-refractivity contribution is 7.16. The van der Waals surface area contributed by atoms with Crippen LogP contribution in [0.2, 0.25) is 0 Å². The van der Waals surface area contributed by atoms with Gasteiger partial charge >= 0.3 is 0 Å². The molecule has 112 valence electrons. The molecule has 3 rings (SSSR count). The van der Waals surface area contributed by atoms with E-state index < -0.39 is 0 Å². The molecule has 21 heavy (non-hydrogen) atoms. The molecule has 2 aromatic rings. The third-order valence-corrected chi connectivity index (χ3v) is 4.65. The van der Waals surface area contributed by atoms with E-state index in [-0.39, 0.29) is 11.8 Å². The quantitative estimate of drug-likeness (QED) is 0.943. The molecule has 1 fully saturated rings. The largest absolute Gasteiger partial charge is 0.370 e. The van der Waals surface area contributed by atoms with Crippen molar-refractivity contribution < 1.29 is 4.79 Å². The lowest BCUT2D eigenvalue weighted by atomic mass is 9.99. The van der Waals surface area contributed by atoms with Crippen LogP contribution in [-0.4, -0.2) is 33.9 Å². The number of carbonyl (C=O) groups is 1. The van der Waals surface area contributed by atoms with Gasteiger partial charge in [-0.3, -0.25) is 4.79 Å². The zero-order valence-corrected chi connectivity index (χ0v) is 13.2. The van der Waals surface area contributed by atoms with E-state index in [2.05, 4.69) is 22.2 Å². The number of thiophene rings is 1. The lowest BCUT2D eigenvalue weighted by Gasteiger charge is -2.30. The summed E-state index contributed by atoms with van der Waals surface area (Å²) in [7, 11) is 0. The molecular weight excluding hydrogens is 284 g/mol. The van der Waals surface area contributed by atoms with E-state index in [1.54, 1.807) is 11.3 Å². The van der Waals surface area contributed by atoms with Crippen LogP contribution in [0.1, 0.15) is 32.5 Å². The number of nitrogens with zero attached hydrogens (tertiary/aromatic N) is 3.